The molecular weight excluding hydrogens is 1010 g/mol. The first-order chi connectivity index (χ1) is 35.9. The molecule has 10 atom stereocenters. The number of nitrogens with zero attached hydrogens (tertiary/aromatic N) is 6. The van der Waals surface area contributed by atoms with Crippen molar-refractivity contribution in [1.29, 1.82) is 0 Å². The van der Waals surface area contributed by atoms with Crippen LogP contribution in [-0.2, 0) is 65.5 Å². The average molecular weight is 1100 g/mol. The third-order valence-electron chi connectivity index (χ3n) is 14.3. The smallest absolute Gasteiger partial charge is 0.272 e. The molecule has 0 radical (unpaired) electrons. The zero-order chi connectivity index (χ0) is 58.2. The Morgan fingerprint density at radius 3 is 1.79 bits per heavy atom. The molecule has 77 heavy (non-hydrogen) atoms. The average Bonchev–Trinajstić information content (AvgIpc) is 3.36. The van der Waals surface area contributed by atoms with E-state index < -0.39 is 142 Å². The highest BCUT2D eigenvalue weighted by Gasteiger charge is 2.43. The number of amides is 9. The first kappa shape index (κ1) is 66.0. The molecule has 22 heteroatoms. The van der Waals surface area contributed by atoms with Crippen LogP contribution in [0.3, 0.4) is 0 Å². The third kappa shape index (κ3) is 19.5. The Morgan fingerprint density at radius 1 is 0.714 bits per heavy atom. The van der Waals surface area contributed by atoms with Gasteiger partial charge in [0.05, 0.1) is 24.9 Å². The normalized spacial score (nSPS) is 26.4. The van der Waals surface area contributed by atoms with Gasteiger partial charge in [-0.05, 0) is 94.3 Å². The number of piperidine rings is 1. The monoisotopic (exact) mass is 1100 g/mol. The van der Waals surface area contributed by atoms with Crippen molar-refractivity contribution in [1.82, 2.24) is 45.3 Å². The van der Waals surface area contributed by atoms with E-state index in [2.05, 4.69) is 16.0 Å². The molecule has 2 saturated heterocycles. The molecule has 4 N–H and O–H groups in total. The molecule has 434 valence electrons. The van der Waals surface area contributed by atoms with Crippen molar-refractivity contribution in [2.24, 2.45) is 17.8 Å². The molecule has 1 aromatic carbocycles. The van der Waals surface area contributed by atoms with Gasteiger partial charge in [-0.25, -0.2) is 0 Å². The maximum absolute atomic E-state index is 14.9. The lowest BCUT2D eigenvalue weighted by molar-refractivity contribution is -0.150. The number of hydrogen-bond donors (Lipinski definition) is 4. The van der Waals surface area contributed by atoms with Crippen molar-refractivity contribution in [2.45, 2.75) is 168 Å². The number of benzene rings is 1. The summed E-state index contributed by atoms with van der Waals surface area (Å²) in [5, 5.41) is 19.3. The molecule has 9 amide bonds. The van der Waals surface area contributed by atoms with Gasteiger partial charge in [-0.3, -0.25) is 43.2 Å². The molecule has 2 fully saturated rings. The van der Waals surface area contributed by atoms with E-state index in [-0.39, 0.29) is 37.7 Å². The second kappa shape index (κ2) is 30.2. The van der Waals surface area contributed by atoms with Gasteiger partial charge in [-0.15, -0.1) is 0 Å². The van der Waals surface area contributed by atoms with E-state index in [4.69, 9.17) is 4.74 Å². The topological polar surface area (TPSA) is 262 Å². The van der Waals surface area contributed by atoms with Gasteiger partial charge in [-0.1, -0.05) is 78.3 Å². The number of aliphatic hydroxyl groups is 1. The minimum atomic E-state index is -2.13. The summed E-state index contributed by atoms with van der Waals surface area (Å²) in [5.74, 6) is -8.41. The Labute approximate surface area is 460 Å². The van der Waals surface area contributed by atoms with Gasteiger partial charge in [0.2, 0.25) is 47.3 Å². The van der Waals surface area contributed by atoms with E-state index in [1.807, 2.05) is 34.6 Å². The largest absolute Gasteiger partial charge is 0.616 e. The fourth-order valence-electron chi connectivity index (χ4n) is 9.46. The van der Waals surface area contributed by atoms with Gasteiger partial charge in [0.25, 0.3) is 5.91 Å². The molecule has 2 heterocycles. The summed E-state index contributed by atoms with van der Waals surface area (Å²) in [4.78, 5) is 138. The van der Waals surface area contributed by atoms with E-state index in [1.54, 1.807) is 62.9 Å². The molecule has 1 aromatic rings. The Bertz CT molecular complexity index is 2170. The number of likely N-dealkylation sites (tertiary alicyclic amines) is 1. The van der Waals surface area contributed by atoms with Crippen molar-refractivity contribution < 1.29 is 57.5 Å². The highest BCUT2D eigenvalue weighted by Crippen LogP contribution is 2.22. The summed E-state index contributed by atoms with van der Waals surface area (Å²) in [6.07, 6.45) is 1.40. The Morgan fingerprint density at radius 2 is 1.26 bits per heavy atom. The summed E-state index contributed by atoms with van der Waals surface area (Å²) in [6.45, 7) is 17.4. The number of carbonyl (C=O) groups is 9. The maximum Gasteiger partial charge on any atom is 0.272 e. The number of hydrogen-bond acceptors (Lipinski definition) is 12. The molecule has 2 aliphatic heterocycles. The van der Waals surface area contributed by atoms with Crippen LogP contribution in [0.2, 0.25) is 0 Å². The van der Waals surface area contributed by atoms with Crippen molar-refractivity contribution in [3.8, 4) is 0 Å². The minimum absolute atomic E-state index is 0.0192. The quantitative estimate of drug-likeness (QED) is 0.218. The van der Waals surface area contributed by atoms with Gasteiger partial charge in [-0.2, -0.15) is 0 Å². The standard InChI is InChI=1S/C55H91N9O12S/c1-16-36(6)47-50(70)57-40(52(72)64-25-21-18-22-26-64)32-77(75)33-45(67)61(13)43(29-38-23-19-17-20-24-38)53(73)62(14)42(28-35(4)5)49(69)58-46(37(7)65)54(74)59(11)30-44(66)60(12)41(27-34(2)3)48(68)56-39(51(71)63(47)15)31-76-55(8,9)10/h17,19-20,23-24,34-37,39-43,46-47,65H,16,18,21-22,25-33H2,1-15H3,(H,56,68)(H,57,70)(H,58,69)/t36-,37+,39-,40-,41-,42-,43-,46-,47-,77?/m0/s1. The zero-order valence-corrected chi connectivity index (χ0v) is 49.3. The fourth-order valence-corrected chi connectivity index (χ4v) is 10.7. The van der Waals surface area contributed by atoms with Crippen molar-refractivity contribution in [3.05, 3.63) is 35.9 Å². The number of nitrogens with one attached hydrogen (secondary N) is 3. The fraction of sp³-hybridized carbons (Fsp3) is 0.727. The summed E-state index contributed by atoms with van der Waals surface area (Å²) in [6, 6.07) is -0.451. The van der Waals surface area contributed by atoms with E-state index in [0.29, 0.717) is 37.9 Å². The zero-order valence-electron chi connectivity index (χ0n) is 48.5. The molecule has 1 unspecified atom stereocenters. The van der Waals surface area contributed by atoms with Gasteiger partial charge < -0.3 is 59.7 Å². The van der Waals surface area contributed by atoms with Gasteiger partial charge in [0.15, 0.2) is 11.8 Å². The molecule has 21 nitrogen and oxygen atoms in total. The molecule has 2 aliphatic rings. The minimum Gasteiger partial charge on any atom is -0.616 e. The Balaban J connectivity index is 2.29. The number of carbonyl (C=O) groups excluding carboxylic acids is 9. The van der Waals surface area contributed by atoms with Crippen LogP contribution in [0.1, 0.15) is 113 Å². The van der Waals surface area contributed by atoms with E-state index in [9.17, 15) is 52.8 Å². The van der Waals surface area contributed by atoms with E-state index >= 15 is 0 Å². The van der Waals surface area contributed by atoms with Crippen LogP contribution in [-0.4, -0.2) is 219 Å². The Kier molecular flexibility index (Phi) is 25.8. The van der Waals surface area contributed by atoms with Crippen LogP contribution in [0.5, 0.6) is 0 Å². The first-order valence-corrected chi connectivity index (χ1v) is 28.6. The molecular formula is C55H91N9O12S. The molecule has 3 rings (SSSR count). The predicted octanol–water partition coefficient (Wildman–Crippen LogP) is 1.56. The highest BCUT2D eigenvalue weighted by atomic mass is 32.2. The first-order valence-electron chi connectivity index (χ1n) is 27.1. The lowest BCUT2D eigenvalue weighted by Crippen LogP contribution is -2.62. The summed E-state index contributed by atoms with van der Waals surface area (Å²) in [5.41, 5.74) is -0.129. The van der Waals surface area contributed by atoms with Crippen LogP contribution in [0, 0.1) is 17.8 Å². The number of ether oxygens (including phenoxy) is 1. The second-order valence-corrected chi connectivity index (χ2v) is 24.3. The van der Waals surface area contributed by atoms with Crippen LogP contribution in [0.25, 0.3) is 0 Å². The number of likely N-dealkylation sites (N-methyl/N-ethyl adjacent to an activating group) is 5. The molecule has 0 saturated carbocycles. The van der Waals surface area contributed by atoms with Crippen LogP contribution < -0.4 is 16.0 Å². The lowest BCUT2D eigenvalue weighted by Gasteiger charge is -2.37. The maximum atomic E-state index is 14.9. The van der Waals surface area contributed by atoms with Crippen LogP contribution >= 0.6 is 0 Å². The summed E-state index contributed by atoms with van der Waals surface area (Å²) in [7, 11) is 6.90. The third-order valence-corrected chi connectivity index (χ3v) is 15.6. The van der Waals surface area contributed by atoms with Crippen molar-refractivity contribution in [3.63, 3.8) is 0 Å². The Hall–Kier alpha value is -5.32. The summed E-state index contributed by atoms with van der Waals surface area (Å²) >= 11 is -2.13. The molecule has 0 aromatic heterocycles. The molecule has 0 aliphatic carbocycles. The van der Waals surface area contributed by atoms with E-state index in [1.165, 1.54) is 56.9 Å². The number of rotatable bonds is 12. The van der Waals surface area contributed by atoms with Crippen molar-refractivity contribution in [2.75, 3.05) is 73.0 Å². The van der Waals surface area contributed by atoms with Gasteiger partial charge in [0, 0.05) is 54.7 Å². The van der Waals surface area contributed by atoms with Gasteiger partial charge in [0.1, 0.15) is 42.0 Å². The number of aliphatic hydroxyl groups excluding tert-OH is 1. The highest BCUT2D eigenvalue weighted by molar-refractivity contribution is 7.92. The van der Waals surface area contributed by atoms with E-state index in [0.717, 1.165) is 16.2 Å². The lowest BCUT2D eigenvalue weighted by atomic mass is 9.95. The summed E-state index contributed by atoms with van der Waals surface area (Å²) < 4.78 is 20.4. The van der Waals surface area contributed by atoms with Crippen molar-refractivity contribution >= 4 is 64.3 Å². The van der Waals surface area contributed by atoms with Gasteiger partial charge >= 0.3 is 0 Å². The molecule has 0 bridgehead atoms. The second-order valence-electron chi connectivity index (χ2n) is 22.8. The van der Waals surface area contributed by atoms with Crippen LogP contribution in [0.4, 0.5) is 0 Å². The predicted molar refractivity (Wildman–Crippen MR) is 294 cm³/mol. The SMILES string of the molecule is CC[C@H](C)[C@H]1C(=O)N[C@H](C(=O)N2CCCCC2)C[S+]([O-])CC(=O)N(C)[C@@H](Cc2ccccc2)C(=O)N(C)[C@@H](CC(C)C)C(=O)N[C@@H]([C@@H](C)O)C(=O)N(C)CC(=O)N(C)[C@@H](CC(C)C)C(=O)N[C@@H](COC(C)(C)C)C(=O)N1C. The molecule has 0 spiro atoms. The van der Waals surface area contributed by atoms with Crippen LogP contribution in [0.15, 0.2) is 30.3 Å².